The van der Waals surface area contributed by atoms with E-state index in [0.29, 0.717) is 5.92 Å². The first kappa shape index (κ1) is 26.6. The van der Waals surface area contributed by atoms with Crippen LogP contribution in [0.4, 0.5) is 17.1 Å². The van der Waals surface area contributed by atoms with Gasteiger partial charge in [-0.15, -0.1) is 0 Å². The van der Waals surface area contributed by atoms with Gasteiger partial charge in [-0.2, -0.15) is 0 Å². The van der Waals surface area contributed by atoms with Gasteiger partial charge in [-0.3, -0.25) is 0 Å². The van der Waals surface area contributed by atoms with Gasteiger partial charge in [-0.25, -0.2) is 0 Å². The van der Waals surface area contributed by atoms with Gasteiger partial charge < -0.3 is 14.0 Å². The maximum atomic E-state index is 2.47. The van der Waals surface area contributed by atoms with Crippen LogP contribution in [0.5, 0.6) is 0 Å². The van der Waals surface area contributed by atoms with Crippen LogP contribution in [-0.2, 0) is 0 Å². The zero-order valence-corrected chi connectivity index (χ0v) is 25.7. The van der Waals surface area contributed by atoms with Crippen LogP contribution < -0.4 is 4.90 Å². The molecule has 2 heterocycles. The molecule has 0 spiro atoms. The van der Waals surface area contributed by atoms with Gasteiger partial charge in [0.15, 0.2) is 0 Å². The van der Waals surface area contributed by atoms with Gasteiger partial charge in [0.05, 0.1) is 16.6 Å². The number of aromatic nitrogens is 2. The smallest absolute Gasteiger partial charge is 0.0541 e. The molecule has 3 heteroatoms. The number of allylic oxidation sites excluding steroid dienone is 1. The van der Waals surface area contributed by atoms with E-state index >= 15 is 0 Å². The maximum absolute atomic E-state index is 2.47. The van der Waals surface area contributed by atoms with Crippen molar-refractivity contribution in [1.82, 2.24) is 9.13 Å². The Balaban J connectivity index is 1.14. The third-order valence-corrected chi connectivity index (χ3v) is 9.52. The lowest BCUT2D eigenvalue weighted by Gasteiger charge is -2.26. The average Bonchev–Trinajstić information content (AvgIpc) is 3.64. The number of para-hydroxylation sites is 4. The van der Waals surface area contributed by atoms with Crippen LogP contribution in [0, 0.1) is 0 Å². The number of nitrogens with zero attached hydrogens (tertiary/aromatic N) is 3. The summed E-state index contributed by atoms with van der Waals surface area (Å²) in [5.41, 5.74) is 12.2. The number of rotatable bonds is 5. The number of anilines is 3. The molecule has 1 aliphatic rings. The molecular formula is C43H33N3. The first-order chi connectivity index (χ1) is 22.8. The number of fused-ring (bicyclic) bond motifs is 6. The van der Waals surface area contributed by atoms with Crippen molar-refractivity contribution in [1.29, 1.82) is 0 Å². The molecule has 0 saturated heterocycles. The van der Waals surface area contributed by atoms with E-state index in [4.69, 9.17) is 0 Å². The third-order valence-electron chi connectivity index (χ3n) is 9.52. The molecule has 0 amide bonds. The standard InChI is InChI=1S/C43H33N3/c1-30-12-11-18-39-38-17-7-10-21-42(38)46(43(30)39)35-28-24-33(25-29-35)44(31-13-3-2-4-14-31)32-22-26-34(27-23-32)45-40-19-8-5-15-36(40)37-16-6-9-20-41(37)45/h2-11,13-30H,12H2,1H3. The zero-order valence-electron chi connectivity index (χ0n) is 25.7. The SMILES string of the molecule is CC1CC=Cc2c1n(-c1ccc(N(c3ccccc3)c3ccc(-n4c5ccccc5c5ccccc54)cc3)cc1)c1ccccc21. The molecule has 0 N–H and O–H groups in total. The summed E-state index contributed by atoms with van der Waals surface area (Å²) in [5.74, 6) is 0.459. The van der Waals surface area contributed by atoms with E-state index in [2.05, 4.69) is 185 Å². The molecule has 8 aromatic rings. The van der Waals surface area contributed by atoms with E-state index in [1.807, 2.05) is 0 Å². The minimum absolute atomic E-state index is 0.459. The molecule has 0 fully saturated rings. The zero-order chi connectivity index (χ0) is 30.6. The highest BCUT2D eigenvalue weighted by Crippen LogP contribution is 2.41. The van der Waals surface area contributed by atoms with E-state index in [1.54, 1.807) is 0 Å². The van der Waals surface area contributed by atoms with Gasteiger partial charge >= 0.3 is 0 Å². The van der Waals surface area contributed by atoms with Gasteiger partial charge in [0.2, 0.25) is 0 Å². The van der Waals surface area contributed by atoms with Gasteiger partial charge in [0, 0.05) is 61.8 Å². The lowest BCUT2D eigenvalue weighted by molar-refractivity contribution is 0.723. The molecule has 1 aliphatic carbocycles. The molecule has 220 valence electrons. The normalized spacial score (nSPS) is 14.2. The highest BCUT2D eigenvalue weighted by molar-refractivity contribution is 6.09. The molecule has 0 saturated carbocycles. The summed E-state index contributed by atoms with van der Waals surface area (Å²) in [7, 11) is 0. The summed E-state index contributed by atoms with van der Waals surface area (Å²) in [6.07, 6.45) is 5.69. The molecule has 0 radical (unpaired) electrons. The Morgan fingerprint density at radius 1 is 0.478 bits per heavy atom. The van der Waals surface area contributed by atoms with Crippen LogP contribution in [0.2, 0.25) is 0 Å². The lowest BCUT2D eigenvalue weighted by atomic mass is 9.93. The topological polar surface area (TPSA) is 13.1 Å². The molecule has 6 aromatic carbocycles. The van der Waals surface area contributed by atoms with Crippen molar-refractivity contribution in [3.05, 3.63) is 169 Å². The Kier molecular flexibility index (Phi) is 6.17. The van der Waals surface area contributed by atoms with Crippen molar-refractivity contribution < 1.29 is 0 Å². The van der Waals surface area contributed by atoms with E-state index in [-0.39, 0.29) is 0 Å². The summed E-state index contributed by atoms with van der Waals surface area (Å²) in [4.78, 5) is 2.34. The summed E-state index contributed by atoms with van der Waals surface area (Å²) < 4.78 is 4.84. The minimum Gasteiger partial charge on any atom is -0.313 e. The molecule has 0 bridgehead atoms. The van der Waals surface area contributed by atoms with Crippen molar-refractivity contribution in [3.63, 3.8) is 0 Å². The monoisotopic (exact) mass is 591 g/mol. The summed E-state index contributed by atoms with van der Waals surface area (Å²) in [6.45, 7) is 2.34. The molecule has 1 atom stereocenters. The van der Waals surface area contributed by atoms with Crippen LogP contribution in [0.15, 0.2) is 158 Å². The maximum Gasteiger partial charge on any atom is 0.0541 e. The Morgan fingerprint density at radius 2 is 0.935 bits per heavy atom. The van der Waals surface area contributed by atoms with Gasteiger partial charge in [-0.05, 0) is 85.3 Å². The molecule has 3 nitrogen and oxygen atoms in total. The molecule has 0 aliphatic heterocycles. The first-order valence-electron chi connectivity index (χ1n) is 16.1. The van der Waals surface area contributed by atoms with E-state index in [1.165, 1.54) is 49.7 Å². The number of hydrogen-bond donors (Lipinski definition) is 0. The predicted octanol–water partition coefficient (Wildman–Crippen LogP) is 11.7. The molecule has 9 rings (SSSR count). The molecular weight excluding hydrogens is 558 g/mol. The van der Waals surface area contributed by atoms with Crippen LogP contribution in [-0.4, -0.2) is 9.13 Å². The third kappa shape index (κ3) is 4.13. The van der Waals surface area contributed by atoms with E-state index in [9.17, 15) is 0 Å². The molecule has 1 unspecified atom stereocenters. The fraction of sp³-hybridized carbons (Fsp3) is 0.0698. The largest absolute Gasteiger partial charge is 0.313 e. The van der Waals surface area contributed by atoms with Crippen molar-refractivity contribution in [2.45, 2.75) is 19.3 Å². The van der Waals surface area contributed by atoms with E-state index in [0.717, 1.165) is 29.2 Å². The Labute approximate surface area is 268 Å². The lowest BCUT2D eigenvalue weighted by Crippen LogP contribution is -2.11. The van der Waals surface area contributed by atoms with Crippen molar-refractivity contribution in [3.8, 4) is 11.4 Å². The Bertz CT molecular complexity index is 2340. The van der Waals surface area contributed by atoms with Gasteiger partial charge in [0.1, 0.15) is 0 Å². The Morgan fingerprint density at radius 3 is 1.52 bits per heavy atom. The van der Waals surface area contributed by atoms with Crippen molar-refractivity contribution in [2.24, 2.45) is 0 Å². The van der Waals surface area contributed by atoms with E-state index < -0.39 is 0 Å². The number of benzene rings is 6. The Hall–Kier alpha value is -5.80. The van der Waals surface area contributed by atoms with Gasteiger partial charge in [0.25, 0.3) is 0 Å². The minimum atomic E-state index is 0.459. The molecule has 2 aromatic heterocycles. The van der Waals surface area contributed by atoms with Crippen LogP contribution >= 0.6 is 0 Å². The van der Waals surface area contributed by atoms with Crippen LogP contribution in [0.3, 0.4) is 0 Å². The predicted molar refractivity (Wildman–Crippen MR) is 194 cm³/mol. The van der Waals surface area contributed by atoms with Crippen LogP contribution in [0.25, 0.3) is 50.2 Å². The summed E-state index contributed by atoms with van der Waals surface area (Å²) in [6, 6.07) is 54.8. The van der Waals surface area contributed by atoms with Crippen LogP contribution in [0.1, 0.15) is 30.5 Å². The highest BCUT2D eigenvalue weighted by Gasteiger charge is 2.23. The first-order valence-corrected chi connectivity index (χ1v) is 16.1. The fourth-order valence-electron chi connectivity index (χ4n) is 7.45. The van der Waals surface area contributed by atoms with Crippen molar-refractivity contribution in [2.75, 3.05) is 4.90 Å². The highest BCUT2D eigenvalue weighted by atomic mass is 15.1. The quantitative estimate of drug-likeness (QED) is 0.194. The second-order valence-electron chi connectivity index (χ2n) is 12.3. The second kappa shape index (κ2) is 10.7. The second-order valence-corrected chi connectivity index (χ2v) is 12.3. The molecule has 46 heavy (non-hydrogen) atoms. The summed E-state index contributed by atoms with van der Waals surface area (Å²) in [5, 5.41) is 3.87. The van der Waals surface area contributed by atoms with Gasteiger partial charge in [-0.1, -0.05) is 91.9 Å². The fourth-order valence-corrected chi connectivity index (χ4v) is 7.45. The van der Waals surface area contributed by atoms with Crippen molar-refractivity contribution >= 4 is 55.8 Å². The number of hydrogen-bond acceptors (Lipinski definition) is 1. The summed E-state index contributed by atoms with van der Waals surface area (Å²) >= 11 is 0. The average molecular weight is 592 g/mol.